The Bertz CT molecular complexity index is 354. The first-order valence-corrected chi connectivity index (χ1v) is 8.59. The lowest BCUT2D eigenvalue weighted by atomic mass is 9.97. The Balaban J connectivity index is 1.60. The second kappa shape index (κ2) is 9.08. The average molecular weight is 292 g/mol. The van der Waals surface area contributed by atoms with E-state index in [1.165, 1.54) is 51.6 Å². The number of nitrogens with zero attached hydrogens (tertiary/aromatic N) is 2. The minimum atomic E-state index is 0.792. The molecule has 4 nitrogen and oxygen atoms in total. The normalized spacial score (nSPS) is 22.0. The largest absolute Gasteiger partial charge is 0.356 e. The van der Waals surface area contributed by atoms with Crippen LogP contribution in [0.5, 0.6) is 0 Å². The number of guanidine groups is 1. The Morgan fingerprint density at radius 3 is 2.76 bits per heavy atom. The summed E-state index contributed by atoms with van der Waals surface area (Å²) in [5.41, 5.74) is 1.62. The molecule has 1 fully saturated rings. The maximum Gasteiger partial charge on any atom is 0.190 e. The summed E-state index contributed by atoms with van der Waals surface area (Å²) >= 11 is 0. The van der Waals surface area contributed by atoms with Crippen molar-refractivity contribution >= 4 is 5.96 Å². The summed E-state index contributed by atoms with van der Waals surface area (Å²) < 4.78 is 0. The molecule has 2 N–H and O–H groups in total. The van der Waals surface area contributed by atoms with Gasteiger partial charge in [-0.3, -0.25) is 4.99 Å². The monoisotopic (exact) mass is 292 g/mol. The Kier molecular flexibility index (Phi) is 7.07. The van der Waals surface area contributed by atoms with E-state index in [4.69, 9.17) is 0 Å². The van der Waals surface area contributed by atoms with Gasteiger partial charge in [-0.05, 0) is 71.0 Å². The van der Waals surface area contributed by atoms with Gasteiger partial charge >= 0.3 is 0 Å². The number of aliphatic imine (C=N–C) groups is 1. The minimum absolute atomic E-state index is 0.792. The topological polar surface area (TPSA) is 39.7 Å². The molecule has 0 atom stereocenters. The molecule has 0 bridgehead atoms. The Hall–Kier alpha value is -1.03. The van der Waals surface area contributed by atoms with Crippen LogP contribution in [0, 0.1) is 5.92 Å². The lowest BCUT2D eigenvalue weighted by Crippen LogP contribution is -2.42. The average Bonchev–Trinajstić information content (AvgIpc) is 2.53. The number of hydrogen-bond acceptors (Lipinski definition) is 2. The van der Waals surface area contributed by atoms with Crippen LogP contribution >= 0.6 is 0 Å². The van der Waals surface area contributed by atoms with Crippen LogP contribution in [0.15, 0.2) is 16.6 Å². The van der Waals surface area contributed by atoms with Gasteiger partial charge in [0.05, 0.1) is 0 Å². The molecule has 1 aliphatic carbocycles. The van der Waals surface area contributed by atoms with E-state index in [0.29, 0.717) is 0 Å². The quantitative estimate of drug-likeness (QED) is 0.464. The van der Waals surface area contributed by atoms with Crippen LogP contribution < -0.4 is 10.6 Å². The fraction of sp³-hybridized carbons (Fsp3) is 0.824. The van der Waals surface area contributed by atoms with Crippen LogP contribution in [0.3, 0.4) is 0 Å². The van der Waals surface area contributed by atoms with E-state index >= 15 is 0 Å². The molecule has 0 radical (unpaired) electrons. The Morgan fingerprint density at radius 2 is 2.10 bits per heavy atom. The van der Waals surface area contributed by atoms with Gasteiger partial charge in [0.15, 0.2) is 5.96 Å². The molecular formula is C17H32N4. The molecule has 0 aromatic carbocycles. The first-order chi connectivity index (χ1) is 10.3. The van der Waals surface area contributed by atoms with Crippen LogP contribution in [-0.2, 0) is 0 Å². The molecule has 2 rings (SSSR count). The smallest absolute Gasteiger partial charge is 0.190 e. The summed E-state index contributed by atoms with van der Waals surface area (Å²) in [7, 11) is 4.08. The molecule has 0 aromatic rings. The molecule has 0 aromatic heterocycles. The van der Waals surface area contributed by atoms with Gasteiger partial charge in [-0.2, -0.15) is 0 Å². The van der Waals surface area contributed by atoms with Crippen molar-refractivity contribution in [2.75, 3.05) is 40.3 Å². The Labute approximate surface area is 130 Å². The van der Waals surface area contributed by atoms with Crippen molar-refractivity contribution < 1.29 is 0 Å². The van der Waals surface area contributed by atoms with Gasteiger partial charge in [0.2, 0.25) is 0 Å². The number of likely N-dealkylation sites (tertiary alicyclic amines) is 1. The number of allylic oxidation sites excluding steroid dienone is 1. The predicted molar refractivity (Wildman–Crippen MR) is 90.8 cm³/mol. The minimum Gasteiger partial charge on any atom is -0.356 e. The van der Waals surface area contributed by atoms with Crippen molar-refractivity contribution in [3.63, 3.8) is 0 Å². The molecule has 1 heterocycles. The van der Waals surface area contributed by atoms with Crippen molar-refractivity contribution in [2.24, 2.45) is 10.9 Å². The van der Waals surface area contributed by atoms with E-state index in [2.05, 4.69) is 33.6 Å². The van der Waals surface area contributed by atoms with Gasteiger partial charge in [-0.1, -0.05) is 11.6 Å². The highest BCUT2D eigenvalue weighted by Crippen LogP contribution is 2.19. The molecule has 21 heavy (non-hydrogen) atoms. The van der Waals surface area contributed by atoms with Gasteiger partial charge in [0, 0.05) is 20.1 Å². The van der Waals surface area contributed by atoms with Crippen molar-refractivity contribution in [3.8, 4) is 0 Å². The molecule has 4 heteroatoms. The van der Waals surface area contributed by atoms with E-state index < -0.39 is 0 Å². The highest BCUT2D eigenvalue weighted by atomic mass is 15.2. The van der Waals surface area contributed by atoms with E-state index in [-0.39, 0.29) is 0 Å². The lowest BCUT2D eigenvalue weighted by Gasteiger charge is -2.29. The maximum atomic E-state index is 4.33. The third-order valence-electron chi connectivity index (χ3n) is 4.74. The first-order valence-electron chi connectivity index (χ1n) is 8.59. The van der Waals surface area contributed by atoms with E-state index in [1.807, 2.05) is 7.05 Å². The van der Waals surface area contributed by atoms with Crippen molar-refractivity contribution in [1.82, 2.24) is 15.5 Å². The van der Waals surface area contributed by atoms with E-state index in [9.17, 15) is 0 Å². The number of piperidine rings is 1. The lowest BCUT2D eigenvalue weighted by molar-refractivity contribution is 0.220. The van der Waals surface area contributed by atoms with Crippen LogP contribution in [0.25, 0.3) is 0 Å². The van der Waals surface area contributed by atoms with Gasteiger partial charge < -0.3 is 15.5 Å². The SMILES string of the molecule is CN=C(NCCC1=CCCCC1)NCC1CCN(C)CC1. The molecule has 1 saturated heterocycles. The standard InChI is InChI=1S/C17H32N4/c1-18-17(19-11-8-15-6-4-3-5-7-15)20-14-16-9-12-21(2)13-10-16/h6,16H,3-5,7-14H2,1-2H3,(H2,18,19,20). The van der Waals surface area contributed by atoms with Crippen LogP contribution in [0.4, 0.5) is 0 Å². The van der Waals surface area contributed by atoms with Gasteiger partial charge in [-0.15, -0.1) is 0 Å². The second-order valence-electron chi connectivity index (χ2n) is 6.48. The molecule has 1 aliphatic heterocycles. The molecule has 120 valence electrons. The zero-order valence-electron chi connectivity index (χ0n) is 13.8. The highest BCUT2D eigenvalue weighted by Gasteiger charge is 2.16. The van der Waals surface area contributed by atoms with Crippen LogP contribution in [0.2, 0.25) is 0 Å². The van der Waals surface area contributed by atoms with Gasteiger partial charge in [0.25, 0.3) is 0 Å². The molecule has 0 amide bonds. The fourth-order valence-corrected chi connectivity index (χ4v) is 3.20. The summed E-state index contributed by atoms with van der Waals surface area (Å²) in [6.45, 7) is 4.51. The van der Waals surface area contributed by atoms with Crippen molar-refractivity contribution in [2.45, 2.75) is 44.9 Å². The molecule has 0 saturated carbocycles. The summed E-state index contributed by atoms with van der Waals surface area (Å²) in [5.74, 6) is 1.76. The summed E-state index contributed by atoms with van der Waals surface area (Å²) in [5, 5.41) is 6.95. The fourth-order valence-electron chi connectivity index (χ4n) is 3.20. The summed E-state index contributed by atoms with van der Waals surface area (Å²) in [6, 6.07) is 0. The van der Waals surface area contributed by atoms with Crippen molar-refractivity contribution in [1.29, 1.82) is 0 Å². The summed E-state index contributed by atoms with van der Waals surface area (Å²) in [6.07, 6.45) is 11.5. The maximum absolute atomic E-state index is 4.33. The van der Waals surface area contributed by atoms with Crippen molar-refractivity contribution in [3.05, 3.63) is 11.6 Å². The van der Waals surface area contributed by atoms with Crippen LogP contribution in [-0.4, -0.2) is 51.1 Å². The molecule has 2 aliphatic rings. The number of rotatable bonds is 5. The molecule has 0 spiro atoms. The highest BCUT2D eigenvalue weighted by molar-refractivity contribution is 5.79. The van der Waals surface area contributed by atoms with Crippen LogP contribution in [0.1, 0.15) is 44.9 Å². The third kappa shape index (κ3) is 6.08. The zero-order chi connectivity index (χ0) is 14.9. The summed E-state index contributed by atoms with van der Waals surface area (Å²) in [4.78, 5) is 6.75. The molecular weight excluding hydrogens is 260 g/mol. The number of hydrogen-bond donors (Lipinski definition) is 2. The number of nitrogens with one attached hydrogen (secondary N) is 2. The Morgan fingerprint density at radius 1 is 1.29 bits per heavy atom. The van der Waals surface area contributed by atoms with Gasteiger partial charge in [-0.25, -0.2) is 0 Å². The third-order valence-corrected chi connectivity index (χ3v) is 4.74. The second-order valence-corrected chi connectivity index (χ2v) is 6.48. The van der Waals surface area contributed by atoms with E-state index in [0.717, 1.165) is 31.4 Å². The van der Waals surface area contributed by atoms with E-state index in [1.54, 1.807) is 5.57 Å². The zero-order valence-corrected chi connectivity index (χ0v) is 13.8. The molecule has 0 unspecified atom stereocenters. The van der Waals surface area contributed by atoms with Gasteiger partial charge in [0.1, 0.15) is 0 Å². The predicted octanol–water partition coefficient (Wildman–Crippen LogP) is 2.38. The first kappa shape index (κ1) is 16.3.